The predicted octanol–water partition coefficient (Wildman–Crippen LogP) is 4.30. The average Bonchev–Trinajstić information content (AvgIpc) is 2.52. The molecule has 0 amide bonds. The molecule has 0 aliphatic heterocycles. The zero-order valence-corrected chi connectivity index (χ0v) is 15.5. The molecule has 0 saturated heterocycles. The van der Waals surface area contributed by atoms with Crippen molar-refractivity contribution >= 4 is 40.8 Å². The van der Waals surface area contributed by atoms with Gasteiger partial charge in [-0.2, -0.15) is 0 Å². The number of allylic oxidation sites excluding steroid dienone is 4. The molecule has 2 rings (SSSR count). The van der Waals surface area contributed by atoms with E-state index in [2.05, 4.69) is 6.58 Å². The Morgan fingerprint density at radius 1 is 1.38 bits per heavy atom. The first kappa shape index (κ1) is 19.5. The first-order valence-corrected chi connectivity index (χ1v) is 8.99. The molecule has 0 bridgehead atoms. The Balaban J connectivity index is 2.26. The van der Waals surface area contributed by atoms with Crippen LogP contribution in [0.15, 0.2) is 46.0 Å². The number of hydrazine groups is 1. The smallest absolute Gasteiger partial charge is 0.331 e. The summed E-state index contributed by atoms with van der Waals surface area (Å²) in [5.41, 5.74) is 1.14. The van der Waals surface area contributed by atoms with Crippen LogP contribution < -0.4 is 5.84 Å². The number of halogens is 3. The van der Waals surface area contributed by atoms with Crippen molar-refractivity contribution in [3.63, 3.8) is 0 Å². The van der Waals surface area contributed by atoms with E-state index in [4.69, 9.17) is 40.6 Å². The standard InChI is InChI=1S/C17H21Cl3N2O2/c1-10(17(23)24)8-16(11-2-4-12(18)5-3-11)22(21)15-7-6-13(19)9-14(15)20/h2,4,9,13,15-16H,1,3,5-8,21H2,(H,23,24)/t13-,15+,16?/m0/s1. The Morgan fingerprint density at radius 3 is 2.62 bits per heavy atom. The van der Waals surface area contributed by atoms with Crippen LogP contribution in [-0.4, -0.2) is 33.5 Å². The molecule has 0 aromatic rings. The number of carboxylic acids is 1. The normalized spacial score (nSPS) is 25.6. The maximum atomic E-state index is 11.2. The lowest BCUT2D eigenvalue weighted by Gasteiger charge is -2.38. The number of nitrogens with two attached hydrogens (primary N) is 1. The van der Waals surface area contributed by atoms with Gasteiger partial charge in [-0.15, -0.1) is 11.6 Å². The molecule has 2 aliphatic carbocycles. The van der Waals surface area contributed by atoms with Crippen molar-refractivity contribution in [2.45, 2.75) is 49.6 Å². The maximum Gasteiger partial charge on any atom is 0.331 e. The van der Waals surface area contributed by atoms with Crippen molar-refractivity contribution in [2.24, 2.45) is 5.84 Å². The van der Waals surface area contributed by atoms with Crippen molar-refractivity contribution in [2.75, 3.05) is 0 Å². The zero-order valence-electron chi connectivity index (χ0n) is 13.2. The fourth-order valence-electron chi connectivity index (χ4n) is 2.99. The summed E-state index contributed by atoms with van der Waals surface area (Å²) >= 11 is 18.5. The molecule has 4 nitrogen and oxygen atoms in total. The van der Waals surface area contributed by atoms with Crippen LogP contribution in [0.2, 0.25) is 0 Å². The molecule has 0 fully saturated rings. The van der Waals surface area contributed by atoms with Crippen LogP contribution in [0.5, 0.6) is 0 Å². The Morgan fingerprint density at radius 2 is 2.08 bits per heavy atom. The molecule has 0 saturated carbocycles. The summed E-state index contributed by atoms with van der Waals surface area (Å²) in [7, 11) is 0. The molecule has 1 unspecified atom stereocenters. The number of aliphatic carboxylic acids is 1. The van der Waals surface area contributed by atoms with Gasteiger partial charge in [0.05, 0.1) is 17.5 Å². The van der Waals surface area contributed by atoms with Gasteiger partial charge in [-0.25, -0.2) is 9.80 Å². The molecule has 0 heterocycles. The van der Waals surface area contributed by atoms with E-state index < -0.39 is 5.97 Å². The highest BCUT2D eigenvalue weighted by molar-refractivity contribution is 6.31. The SMILES string of the molecule is C=C(CC(C1=CC=C(Cl)CC1)N(N)[C@@H]1CC[C@H](Cl)C=C1Cl)C(=O)O. The number of carbonyl (C=O) groups is 1. The average molecular weight is 392 g/mol. The lowest BCUT2D eigenvalue weighted by Crippen LogP contribution is -2.50. The van der Waals surface area contributed by atoms with Gasteiger partial charge in [-0.05, 0) is 38.2 Å². The number of alkyl halides is 1. The predicted molar refractivity (Wildman–Crippen MR) is 99.1 cm³/mol. The lowest BCUT2D eigenvalue weighted by molar-refractivity contribution is -0.132. The van der Waals surface area contributed by atoms with Gasteiger partial charge in [0.1, 0.15) is 0 Å². The van der Waals surface area contributed by atoms with Crippen molar-refractivity contribution < 1.29 is 9.90 Å². The summed E-state index contributed by atoms with van der Waals surface area (Å²) in [5, 5.41) is 12.1. The number of rotatable bonds is 6. The summed E-state index contributed by atoms with van der Waals surface area (Å²) in [4.78, 5) is 11.2. The number of carboxylic acid groups (broad SMARTS) is 1. The maximum absolute atomic E-state index is 11.2. The minimum Gasteiger partial charge on any atom is -0.478 e. The largest absolute Gasteiger partial charge is 0.478 e. The van der Waals surface area contributed by atoms with Gasteiger partial charge in [-0.1, -0.05) is 47.5 Å². The number of hydrogen-bond acceptors (Lipinski definition) is 3. The second-order valence-corrected chi connectivity index (χ2v) is 7.57. The van der Waals surface area contributed by atoms with E-state index in [0.29, 0.717) is 5.03 Å². The molecule has 0 aromatic carbocycles. The van der Waals surface area contributed by atoms with Crippen LogP contribution in [0, 0.1) is 0 Å². The summed E-state index contributed by atoms with van der Waals surface area (Å²) in [6.07, 6.45) is 8.71. The molecule has 7 heteroatoms. The van der Waals surface area contributed by atoms with Crippen LogP contribution in [0.3, 0.4) is 0 Å². The molecule has 0 radical (unpaired) electrons. The van der Waals surface area contributed by atoms with E-state index in [1.807, 2.05) is 12.2 Å². The first-order valence-electron chi connectivity index (χ1n) is 7.80. The van der Waals surface area contributed by atoms with Gasteiger partial charge >= 0.3 is 5.97 Å². The second kappa shape index (κ2) is 8.54. The third-order valence-corrected chi connectivity index (χ3v) is 5.43. The molecule has 2 aliphatic rings. The van der Waals surface area contributed by atoms with Crippen LogP contribution in [0.4, 0.5) is 0 Å². The van der Waals surface area contributed by atoms with E-state index in [1.54, 1.807) is 11.1 Å². The fraction of sp³-hybridized carbons (Fsp3) is 0.471. The highest BCUT2D eigenvalue weighted by atomic mass is 35.5. The van der Waals surface area contributed by atoms with E-state index in [-0.39, 0.29) is 29.5 Å². The van der Waals surface area contributed by atoms with Gasteiger partial charge in [0.15, 0.2) is 0 Å². The van der Waals surface area contributed by atoms with Crippen molar-refractivity contribution in [1.29, 1.82) is 0 Å². The summed E-state index contributed by atoms with van der Waals surface area (Å²) in [6, 6.07) is -0.482. The van der Waals surface area contributed by atoms with E-state index in [9.17, 15) is 9.90 Å². The molecule has 24 heavy (non-hydrogen) atoms. The van der Waals surface area contributed by atoms with Crippen LogP contribution in [-0.2, 0) is 4.79 Å². The van der Waals surface area contributed by atoms with Gasteiger partial charge in [0.25, 0.3) is 0 Å². The molecule has 3 N–H and O–H groups in total. The van der Waals surface area contributed by atoms with Gasteiger partial charge in [-0.3, -0.25) is 5.84 Å². The minimum absolute atomic E-state index is 0.0924. The highest BCUT2D eigenvalue weighted by Crippen LogP contribution is 2.33. The quantitative estimate of drug-likeness (QED) is 0.307. The summed E-state index contributed by atoms with van der Waals surface area (Å²) in [5.74, 6) is 5.36. The Bertz CT molecular complexity index is 613. The lowest BCUT2D eigenvalue weighted by atomic mass is 9.90. The molecule has 0 aromatic heterocycles. The Labute approximate surface area is 157 Å². The molecular weight excluding hydrogens is 371 g/mol. The molecular formula is C17H21Cl3N2O2. The summed E-state index contributed by atoms with van der Waals surface area (Å²) in [6.45, 7) is 3.64. The molecule has 0 spiro atoms. The monoisotopic (exact) mass is 390 g/mol. The Kier molecular flexibility index (Phi) is 6.96. The van der Waals surface area contributed by atoms with E-state index >= 15 is 0 Å². The van der Waals surface area contributed by atoms with Crippen LogP contribution >= 0.6 is 34.8 Å². The molecule has 132 valence electrons. The van der Waals surface area contributed by atoms with Gasteiger partial charge in [0.2, 0.25) is 0 Å². The first-order chi connectivity index (χ1) is 11.3. The summed E-state index contributed by atoms with van der Waals surface area (Å²) < 4.78 is 0. The van der Waals surface area contributed by atoms with Crippen LogP contribution in [0.25, 0.3) is 0 Å². The Hall–Kier alpha value is -0.780. The highest BCUT2D eigenvalue weighted by Gasteiger charge is 2.32. The van der Waals surface area contributed by atoms with Gasteiger partial charge < -0.3 is 5.11 Å². The van der Waals surface area contributed by atoms with Crippen molar-refractivity contribution in [3.8, 4) is 0 Å². The van der Waals surface area contributed by atoms with E-state index in [1.165, 1.54) is 0 Å². The van der Waals surface area contributed by atoms with E-state index in [0.717, 1.165) is 36.3 Å². The van der Waals surface area contributed by atoms with Crippen molar-refractivity contribution in [3.05, 3.63) is 46.0 Å². The van der Waals surface area contributed by atoms with Crippen molar-refractivity contribution in [1.82, 2.24) is 5.01 Å². The third-order valence-electron chi connectivity index (χ3n) is 4.40. The fourth-order valence-corrected chi connectivity index (χ4v) is 3.84. The number of hydrogen-bond donors (Lipinski definition) is 2. The molecule has 3 atom stereocenters. The number of nitrogens with zero attached hydrogens (tertiary/aromatic N) is 1. The zero-order chi connectivity index (χ0) is 17.9. The minimum atomic E-state index is -1.02. The topological polar surface area (TPSA) is 66.6 Å². The van der Waals surface area contributed by atoms with Gasteiger partial charge in [0, 0.05) is 15.6 Å². The third kappa shape index (κ3) is 4.87. The second-order valence-electron chi connectivity index (χ2n) is 6.09. The van der Waals surface area contributed by atoms with Crippen LogP contribution in [0.1, 0.15) is 32.1 Å².